The fourth-order valence-corrected chi connectivity index (χ4v) is 12.5. The second-order valence-corrected chi connectivity index (χ2v) is 19.1. The Morgan fingerprint density at radius 1 is 0.422 bits per heavy atom. The molecule has 0 aliphatic heterocycles. The number of hydrogen-bond acceptors (Lipinski definition) is 6. The molecule has 0 bridgehead atoms. The van der Waals surface area contributed by atoms with Crippen LogP contribution in [0.4, 0.5) is 0 Å². The number of fused-ring (bicyclic) bond motifs is 13. The summed E-state index contributed by atoms with van der Waals surface area (Å²) in [5.41, 5.74) is 11.1. The van der Waals surface area contributed by atoms with Gasteiger partial charge in [0, 0.05) is 79.3 Å². The van der Waals surface area contributed by atoms with Crippen molar-refractivity contribution in [1.82, 2.24) is 15.0 Å². The lowest BCUT2D eigenvalue weighted by atomic mass is 9.84. The van der Waals surface area contributed by atoms with E-state index in [0.29, 0.717) is 17.5 Å². The van der Waals surface area contributed by atoms with Crippen molar-refractivity contribution in [1.29, 1.82) is 0 Å². The monoisotopic (exact) mass is 853 g/mol. The van der Waals surface area contributed by atoms with Gasteiger partial charge in [-0.05, 0) is 113 Å². The quantitative estimate of drug-likeness (QED) is 0.177. The maximum atomic E-state index is 7.02. The minimum atomic E-state index is 0.104. The molecule has 6 heteroatoms. The Bertz CT molecular complexity index is 3930. The Balaban J connectivity index is 0.991. The fourth-order valence-electron chi connectivity index (χ4n) is 10.4. The highest BCUT2D eigenvalue weighted by atomic mass is 32.1. The van der Waals surface area contributed by atoms with E-state index >= 15 is 0 Å². The van der Waals surface area contributed by atoms with Crippen LogP contribution in [0.5, 0.6) is 0 Å². The number of rotatable bonds is 4. The van der Waals surface area contributed by atoms with E-state index in [1.165, 1.54) is 78.9 Å². The van der Waals surface area contributed by atoms with E-state index in [0.717, 1.165) is 51.5 Å². The summed E-state index contributed by atoms with van der Waals surface area (Å²) < 4.78 is 12.0. The molecule has 64 heavy (non-hydrogen) atoms. The summed E-state index contributed by atoms with van der Waals surface area (Å²) in [6.45, 7) is 0. The first kappa shape index (κ1) is 36.0. The Morgan fingerprint density at radius 3 is 1.72 bits per heavy atom. The summed E-state index contributed by atoms with van der Waals surface area (Å²) in [4.78, 5) is 16.1. The van der Waals surface area contributed by atoms with Gasteiger partial charge in [-0.2, -0.15) is 0 Å². The van der Waals surface area contributed by atoms with Crippen LogP contribution < -0.4 is 0 Å². The van der Waals surface area contributed by atoms with E-state index in [4.69, 9.17) is 19.4 Å². The van der Waals surface area contributed by atoms with Gasteiger partial charge < -0.3 is 4.42 Å². The molecule has 4 aromatic heterocycles. The first-order chi connectivity index (χ1) is 31.7. The number of benzene rings is 9. The summed E-state index contributed by atoms with van der Waals surface area (Å²) >= 11 is 3.63. The highest BCUT2D eigenvalue weighted by molar-refractivity contribution is 7.26. The fraction of sp³-hybridized carbons (Fsp3) is 0.0517. The molecule has 14 rings (SSSR count). The average Bonchev–Trinajstić information content (AvgIpc) is 4.02. The lowest BCUT2D eigenvalue weighted by molar-refractivity contribution is 0.647. The average molecular weight is 854 g/mol. The number of thiophene rings is 2. The van der Waals surface area contributed by atoms with Crippen LogP contribution in [0.3, 0.4) is 0 Å². The van der Waals surface area contributed by atoms with Crippen molar-refractivity contribution >= 4 is 95.7 Å². The molecule has 1 atom stereocenters. The highest BCUT2D eigenvalue weighted by Gasteiger charge is 2.29. The van der Waals surface area contributed by atoms with Crippen LogP contribution in [-0.4, -0.2) is 15.0 Å². The van der Waals surface area contributed by atoms with Gasteiger partial charge in [0.25, 0.3) is 0 Å². The molecule has 1 aliphatic rings. The Kier molecular flexibility index (Phi) is 7.88. The topological polar surface area (TPSA) is 51.8 Å². The van der Waals surface area contributed by atoms with Crippen LogP contribution in [0.2, 0.25) is 0 Å². The van der Waals surface area contributed by atoms with Crippen LogP contribution in [-0.2, 0) is 6.42 Å². The van der Waals surface area contributed by atoms with Gasteiger partial charge in [-0.3, -0.25) is 0 Å². The van der Waals surface area contributed by atoms with Crippen LogP contribution in [0.15, 0.2) is 186 Å². The van der Waals surface area contributed by atoms with Gasteiger partial charge in [0.2, 0.25) is 0 Å². The molecular formula is C58H35N3OS2. The second-order valence-electron chi connectivity index (χ2n) is 17.0. The van der Waals surface area contributed by atoms with E-state index in [1.807, 2.05) is 22.7 Å². The zero-order valence-corrected chi connectivity index (χ0v) is 36.0. The van der Waals surface area contributed by atoms with Gasteiger partial charge in [-0.25, -0.2) is 15.0 Å². The zero-order valence-electron chi connectivity index (χ0n) is 34.4. The minimum absolute atomic E-state index is 0.104. The largest absolute Gasteiger partial charge is 0.456 e. The van der Waals surface area contributed by atoms with Crippen LogP contribution in [0.25, 0.3) is 118 Å². The van der Waals surface area contributed by atoms with E-state index < -0.39 is 0 Å². The molecule has 4 heterocycles. The summed E-state index contributed by atoms with van der Waals surface area (Å²) in [6, 6.07) is 65.9. The lowest BCUT2D eigenvalue weighted by Crippen LogP contribution is -2.04. The second kappa shape index (κ2) is 14.0. The molecule has 4 nitrogen and oxygen atoms in total. The summed E-state index contributed by atoms with van der Waals surface area (Å²) in [6.07, 6.45) is 1.91. The Labute approximate surface area is 375 Å². The normalized spacial score (nSPS) is 14.0. The molecule has 0 amide bonds. The molecular weight excluding hydrogens is 819 g/mol. The van der Waals surface area contributed by atoms with Crippen LogP contribution in [0.1, 0.15) is 29.0 Å². The maximum Gasteiger partial charge on any atom is 0.164 e. The molecule has 1 aliphatic carbocycles. The molecule has 0 N–H and O–H groups in total. The Hall–Kier alpha value is -7.51. The van der Waals surface area contributed by atoms with Crippen molar-refractivity contribution < 1.29 is 4.42 Å². The van der Waals surface area contributed by atoms with Crippen molar-refractivity contribution in [3.05, 3.63) is 199 Å². The molecule has 13 aromatic rings. The molecule has 0 spiro atoms. The minimum Gasteiger partial charge on any atom is -0.456 e. The molecule has 9 aromatic carbocycles. The number of hydrogen-bond donors (Lipinski definition) is 0. The zero-order chi connectivity index (χ0) is 41.9. The standard InChI is InChI=1S/C58H35N3OS2/c1-2-12-34-30-46-35(29-33(34)11-1)21-24-40(38-13-3-4-14-39(38)46)43-25-26-45(54-44-17-5-8-18-49(44)62-55(43)54)58-60-56(36-22-27-52-47(31-36)41-15-6-9-19-50(41)63-52)59-57(61-58)37-23-28-53-48(32-37)42-16-7-10-20-51(42)64-53/h1-20,22-23,25-32,40H,21,24H2. The number of para-hydroxylation sites is 1. The summed E-state index contributed by atoms with van der Waals surface area (Å²) in [7, 11) is 0. The van der Waals surface area contributed by atoms with Gasteiger partial charge in [0.05, 0.1) is 0 Å². The van der Waals surface area contributed by atoms with Crippen molar-refractivity contribution in [3.63, 3.8) is 0 Å². The van der Waals surface area contributed by atoms with E-state index in [1.54, 1.807) is 0 Å². The van der Waals surface area contributed by atoms with E-state index in [-0.39, 0.29) is 5.92 Å². The summed E-state index contributed by atoms with van der Waals surface area (Å²) in [5.74, 6) is 2.00. The third-order valence-electron chi connectivity index (χ3n) is 13.4. The van der Waals surface area contributed by atoms with Gasteiger partial charge in [0.1, 0.15) is 11.2 Å². The first-order valence-corrected chi connectivity index (χ1v) is 23.5. The predicted molar refractivity (Wildman–Crippen MR) is 269 cm³/mol. The third-order valence-corrected chi connectivity index (χ3v) is 15.7. The summed E-state index contributed by atoms with van der Waals surface area (Å²) in [5, 5.41) is 9.52. The van der Waals surface area contributed by atoms with Crippen molar-refractivity contribution in [2.24, 2.45) is 0 Å². The van der Waals surface area contributed by atoms with E-state index in [9.17, 15) is 0 Å². The molecule has 1 unspecified atom stereocenters. The number of aromatic nitrogens is 3. The van der Waals surface area contributed by atoms with Crippen molar-refractivity contribution in [2.45, 2.75) is 18.8 Å². The number of nitrogens with zero attached hydrogens (tertiary/aromatic N) is 3. The third kappa shape index (κ3) is 5.56. The van der Waals surface area contributed by atoms with Crippen LogP contribution >= 0.6 is 22.7 Å². The van der Waals surface area contributed by atoms with E-state index in [2.05, 4.69) is 182 Å². The lowest BCUT2D eigenvalue weighted by Gasteiger charge is -2.19. The van der Waals surface area contributed by atoms with Gasteiger partial charge in [0.15, 0.2) is 17.5 Å². The molecule has 0 radical (unpaired) electrons. The molecule has 0 saturated heterocycles. The SMILES string of the molecule is c1ccc2c(c1)-c1cc3ccccc3cc1CCC2c1ccc(-c2nc(-c3ccc4sc5ccccc5c4c3)nc(-c3ccc4sc5ccccc5c4c3)n2)c2c1oc1ccccc12. The predicted octanol–water partition coefficient (Wildman–Crippen LogP) is 16.4. The number of furan rings is 1. The van der Waals surface area contributed by atoms with Gasteiger partial charge in [-0.15, -0.1) is 22.7 Å². The molecule has 300 valence electrons. The van der Waals surface area contributed by atoms with Crippen molar-refractivity contribution in [2.75, 3.05) is 0 Å². The highest BCUT2D eigenvalue weighted by Crippen LogP contribution is 2.48. The van der Waals surface area contributed by atoms with Crippen LogP contribution in [0, 0.1) is 0 Å². The molecule has 0 saturated carbocycles. The Morgan fingerprint density at radius 2 is 1.00 bits per heavy atom. The van der Waals surface area contributed by atoms with Gasteiger partial charge in [-0.1, -0.05) is 115 Å². The molecule has 0 fully saturated rings. The van der Waals surface area contributed by atoms with Gasteiger partial charge >= 0.3 is 0 Å². The first-order valence-electron chi connectivity index (χ1n) is 21.8. The number of aryl methyl sites for hydroxylation is 1. The smallest absolute Gasteiger partial charge is 0.164 e. The maximum absolute atomic E-state index is 7.02. The van der Waals surface area contributed by atoms with Crippen molar-refractivity contribution in [3.8, 4) is 45.3 Å².